The molecule has 2 aromatic carbocycles. The molecule has 2 N–H and O–H groups in total. The summed E-state index contributed by atoms with van der Waals surface area (Å²) in [7, 11) is 0. The summed E-state index contributed by atoms with van der Waals surface area (Å²) in [5.41, 5.74) is 2.14. The number of anilines is 3. The summed E-state index contributed by atoms with van der Waals surface area (Å²) in [6, 6.07) is 7.66. The number of morpholine rings is 1. The van der Waals surface area contributed by atoms with E-state index in [1.165, 1.54) is 18.5 Å². The minimum Gasteiger partial charge on any atom is -0.485 e. The first kappa shape index (κ1) is 27.4. The number of nitrogens with zero attached hydrogens (tertiary/aromatic N) is 6. The SMILES string of the molecule is C=CC(=O)Nc1cc2c(Nc3ccc(F)c(Cl)c3)ncnc2cc1OCc1cn(CCCN2CCOCC2)nn1. The molecule has 0 bridgehead atoms. The quantitative estimate of drug-likeness (QED) is 0.258. The third-order valence-electron chi connectivity index (χ3n) is 6.29. The van der Waals surface area contributed by atoms with Crippen molar-refractivity contribution >= 4 is 45.6 Å². The van der Waals surface area contributed by atoms with Crippen LogP contribution in [0.2, 0.25) is 5.02 Å². The zero-order chi connectivity index (χ0) is 27.9. The third-order valence-corrected chi connectivity index (χ3v) is 6.58. The van der Waals surface area contributed by atoms with Gasteiger partial charge in [-0.25, -0.2) is 14.4 Å². The normalized spacial score (nSPS) is 13.8. The van der Waals surface area contributed by atoms with Crippen molar-refractivity contribution in [1.82, 2.24) is 29.9 Å². The Bertz CT molecular complexity index is 1510. The van der Waals surface area contributed by atoms with E-state index in [9.17, 15) is 9.18 Å². The number of hydrogen-bond acceptors (Lipinski definition) is 9. The predicted octanol–water partition coefficient (Wildman–Crippen LogP) is 4.18. The van der Waals surface area contributed by atoms with Crippen molar-refractivity contribution in [3.05, 3.63) is 72.0 Å². The van der Waals surface area contributed by atoms with Gasteiger partial charge in [0.2, 0.25) is 5.91 Å². The summed E-state index contributed by atoms with van der Waals surface area (Å²) in [5, 5.41) is 14.9. The lowest BCUT2D eigenvalue weighted by Gasteiger charge is -2.26. The lowest BCUT2D eigenvalue weighted by Crippen LogP contribution is -2.37. The lowest BCUT2D eigenvalue weighted by atomic mass is 10.1. The summed E-state index contributed by atoms with van der Waals surface area (Å²) < 4.78 is 26.8. The molecule has 0 aliphatic carbocycles. The Kier molecular flexibility index (Phi) is 8.79. The Hall–Kier alpha value is -4.13. The number of rotatable bonds is 11. The van der Waals surface area contributed by atoms with Crippen LogP contribution in [-0.2, 0) is 22.7 Å². The van der Waals surface area contributed by atoms with Crippen LogP contribution in [0.5, 0.6) is 5.75 Å². The van der Waals surface area contributed by atoms with Crippen LogP contribution in [0.1, 0.15) is 12.1 Å². The Morgan fingerprint density at radius 2 is 2.05 bits per heavy atom. The molecule has 1 amide bonds. The van der Waals surface area contributed by atoms with Crippen LogP contribution < -0.4 is 15.4 Å². The highest BCUT2D eigenvalue weighted by molar-refractivity contribution is 6.31. The van der Waals surface area contributed by atoms with Gasteiger partial charge in [-0.2, -0.15) is 0 Å². The fourth-order valence-corrected chi connectivity index (χ4v) is 4.42. The monoisotopic (exact) mass is 566 g/mol. The van der Waals surface area contributed by atoms with Crippen molar-refractivity contribution in [1.29, 1.82) is 0 Å². The Morgan fingerprint density at radius 1 is 1.20 bits per heavy atom. The highest BCUT2D eigenvalue weighted by atomic mass is 35.5. The van der Waals surface area contributed by atoms with Gasteiger partial charge in [0.25, 0.3) is 0 Å². The molecular formula is C27H28ClFN8O3. The minimum atomic E-state index is -0.524. The van der Waals surface area contributed by atoms with E-state index in [4.69, 9.17) is 21.1 Å². The van der Waals surface area contributed by atoms with Crippen LogP contribution in [-0.4, -0.2) is 68.6 Å². The third kappa shape index (κ3) is 6.89. The molecule has 4 aromatic rings. The van der Waals surface area contributed by atoms with E-state index < -0.39 is 11.7 Å². The van der Waals surface area contributed by atoms with Crippen molar-refractivity contribution in [2.24, 2.45) is 0 Å². The number of halogens is 2. The van der Waals surface area contributed by atoms with E-state index in [0.717, 1.165) is 51.9 Å². The molecule has 40 heavy (non-hydrogen) atoms. The number of fused-ring (bicyclic) bond motifs is 1. The van der Waals surface area contributed by atoms with Crippen molar-refractivity contribution in [3.63, 3.8) is 0 Å². The van der Waals surface area contributed by atoms with Crippen molar-refractivity contribution in [3.8, 4) is 5.75 Å². The zero-order valence-corrected chi connectivity index (χ0v) is 22.4. The van der Waals surface area contributed by atoms with E-state index in [1.807, 2.05) is 6.20 Å². The lowest BCUT2D eigenvalue weighted by molar-refractivity contribution is -0.111. The second-order valence-corrected chi connectivity index (χ2v) is 9.51. The van der Waals surface area contributed by atoms with Gasteiger partial charge >= 0.3 is 0 Å². The molecule has 208 valence electrons. The van der Waals surface area contributed by atoms with Crippen LogP contribution in [0.15, 0.2) is 55.5 Å². The molecule has 2 aromatic heterocycles. The molecule has 5 rings (SSSR count). The predicted molar refractivity (Wildman–Crippen MR) is 149 cm³/mol. The molecular weight excluding hydrogens is 539 g/mol. The van der Waals surface area contributed by atoms with Gasteiger partial charge in [-0.05, 0) is 36.8 Å². The van der Waals surface area contributed by atoms with Crippen LogP contribution in [0.3, 0.4) is 0 Å². The van der Waals surface area contributed by atoms with Gasteiger partial charge in [0.1, 0.15) is 36.0 Å². The van der Waals surface area contributed by atoms with Gasteiger partial charge < -0.3 is 20.1 Å². The topological polar surface area (TPSA) is 119 Å². The Balaban J connectivity index is 1.31. The molecule has 3 heterocycles. The van der Waals surface area contributed by atoms with E-state index in [1.54, 1.807) is 22.9 Å². The second kappa shape index (κ2) is 12.8. The average molecular weight is 567 g/mol. The summed E-state index contributed by atoms with van der Waals surface area (Å²) in [6.45, 7) is 8.85. The van der Waals surface area contributed by atoms with Crippen molar-refractivity contribution in [2.45, 2.75) is 19.6 Å². The first-order valence-corrected chi connectivity index (χ1v) is 13.1. The van der Waals surface area contributed by atoms with Gasteiger partial charge in [-0.15, -0.1) is 5.10 Å². The summed E-state index contributed by atoms with van der Waals surface area (Å²) in [6.07, 6.45) is 5.36. The zero-order valence-electron chi connectivity index (χ0n) is 21.6. The van der Waals surface area contributed by atoms with Crippen LogP contribution >= 0.6 is 11.6 Å². The molecule has 1 aliphatic rings. The molecule has 0 spiro atoms. The van der Waals surface area contributed by atoms with Crippen LogP contribution in [0, 0.1) is 5.82 Å². The summed E-state index contributed by atoms with van der Waals surface area (Å²) in [4.78, 5) is 23.2. The summed E-state index contributed by atoms with van der Waals surface area (Å²) >= 11 is 5.92. The van der Waals surface area contributed by atoms with Crippen LogP contribution in [0.25, 0.3) is 10.9 Å². The maximum atomic E-state index is 13.6. The number of aryl methyl sites for hydroxylation is 1. The molecule has 0 atom stereocenters. The second-order valence-electron chi connectivity index (χ2n) is 9.10. The van der Waals surface area contributed by atoms with E-state index in [-0.39, 0.29) is 11.6 Å². The number of ether oxygens (including phenoxy) is 2. The first-order valence-electron chi connectivity index (χ1n) is 12.7. The highest BCUT2D eigenvalue weighted by Crippen LogP contribution is 2.34. The van der Waals surface area contributed by atoms with Crippen molar-refractivity contribution in [2.75, 3.05) is 43.5 Å². The van der Waals surface area contributed by atoms with Gasteiger partial charge in [-0.3, -0.25) is 14.4 Å². The summed E-state index contributed by atoms with van der Waals surface area (Å²) in [5.74, 6) is -0.108. The minimum absolute atomic E-state index is 0.0213. The maximum absolute atomic E-state index is 13.6. The van der Waals surface area contributed by atoms with E-state index in [0.29, 0.717) is 39.5 Å². The standard InChI is InChI=1S/C27H28ClFN8O3/c1-2-26(38)33-24-13-20-23(30-17-31-27(20)32-18-4-5-22(29)21(28)12-18)14-25(24)40-16-19-15-37(35-34-19)7-3-6-36-8-10-39-11-9-36/h2,4-5,12-15,17H,1,3,6-11,16H2,(H,33,38)(H,30,31,32). The highest BCUT2D eigenvalue weighted by Gasteiger charge is 2.15. The smallest absolute Gasteiger partial charge is 0.247 e. The first-order chi connectivity index (χ1) is 19.5. The number of carbonyl (C=O) groups excluding carboxylic acids is 1. The molecule has 1 aliphatic heterocycles. The molecule has 0 unspecified atom stereocenters. The molecule has 0 saturated carbocycles. The molecule has 1 saturated heterocycles. The number of nitrogens with one attached hydrogen (secondary N) is 2. The maximum Gasteiger partial charge on any atom is 0.247 e. The number of benzene rings is 2. The van der Waals surface area contributed by atoms with Gasteiger partial charge in [0.15, 0.2) is 0 Å². The number of amides is 1. The average Bonchev–Trinajstić information content (AvgIpc) is 3.42. The molecule has 0 radical (unpaired) electrons. The molecule has 1 fully saturated rings. The fraction of sp³-hybridized carbons (Fsp3) is 0.296. The van der Waals surface area contributed by atoms with E-state index >= 15 is 0 Å². The van der Waals surface area contributed by atoms with Crippen molar-refractivity contribution < 1.29 is 18.7 Å². The molecule has 13 heteroatoms. The number of aromatic nitrogens is 5. The van der Waals surface area contributed by atoms with E-state index in [2.05, 4.69) is 42.4 Å². The number of carbonyl (C=O) groups is 1. The van der Waals surface area contributed by atoms with Gasteiger partial charge in [0.05, 0.1) is 35.6 Å². The largest absolute Gasteiger partial charge is 0.485 e. The fourth-order valence-electron chi connectivity index (χ4n) is 4.24. The Morgan fingerprint density at radius 3 is 2.85 bits per heavy atom. The van der Waals surface area contributed by atoms with Gasteiger partial charge in [0, 0.05) is 43.3 Å². The van der Waals surface area contributed by atoms with Crippen LogP contribution in [0.4, 0.5) is 21.6 Å². The Labute approximate surface area is 234 Å². The molecule has 11 nitrogen and oxygen atoms in total. The van der Waals surface area contributed by atoms with Gasteiger partial charge in [-0.1, -0.05) is 23.4 Å². The number of hydrogen-bond donors (Lipinski definition) is 2.